The molecule has 0 spiro atoms. The first-order valence-corrected chi connectivity index (χ1v) is 5.79. The molecule has 1 rings (SSSR count). The number of hydrogen-bond acceptors (Lipinski definition) is 3. The Balaban J connectivity index is 2.48. The summed E-state index contributed by atoms with van der Waals surface area (Å²) in [4.78, 5) is 11.5. The van der Waals surface area contributed by atoms with Gasteiger partial charge in [-0.2, -0.15) is 0 Å². The standard InChI is InChI=1S/C11H21FN2O2/c1-11(2,3)16-10(15)14(12)9-5-4-7-13-8-6-9/h9,13H,4-8H2,1-3H3. The second-order valence-corrected chi connectivity index (χ2v) is 5.13. The van der Waals surface area contributed by atoms with Crippen LogP contribution in [0.1, 0.15) is 40.0 Å². The molecule has 5 heteroatoms. The van der Waals surface area contributed by atoms with E-state index in [0.717, 1.165) is 19.5 Å². The van der Waals surface area contributed by atoms with Gasteiger partial charge >= 0.3 is 6.09 Å². The van der Waals surface area contributed by atoms with Crippen molar-refractivity contribution in [3.8, 4) is 0 Å². The summed E-state index contributed by atoms with van der Waals surface area (Å²) in [6, 6.07) is -0.357. The highest BCUT2D eigenvalue weighted by Crippen LogP contribution is 2.17. The van der Waals surface area contributed by atoms with Crippen LogP contribution in [0.5, 0.6) is 0 Å². The first-order chi connectivity index (χ1) is 7.40. The molecule has 0 aromatic rings. The topological polar surface area (TPSA) is 41.6 Å². The number of nitrogens with one attached hydrogen (secondary N) is 1. The third-order valence-electron chi connectivity index (χ3n) is 2.43. The minimum absolute atomic E-state index is 0.248. The summed E-state index contributed by atoms with van der Waals surface area (Å²) in [5.74, 6) is 0. The number of carbonyl (C=O) groups is 1. The lowest BCUT2D eigenvalue weighted by Gasteiger charge is -2.26. The molecule has 1 aliphatic heterocycles. The molecule has 0 radical (unpaired) electrons. The van der Waals surface area contributed by atoms with Crippen molar-refractivity contribution in [1.82, 2.24) is 10.4 Å². The van der Waals surface area contributed by atoms with E-state index >= 15 is 0 Å². The molecule has 0 aromatic heterocycles. The third kappa shape index (κ3) is 4.35. The van der Waals surface area contributed by atoms with Gasteiger partial charge in [0.05, 0.1) is 6.04 Å². The molecule has 1 saturated heterocycles. The lowest BCUT2D eigenvalue weighted by Crippen LogP contribution is -2.38. The van der Waals surface area contributed by atoms with Gasteiger partial charge in [-0.05, 0) is 53.1 Å². The Morgan fingerprint density at radius 2 is 2.06 bits per heavy atom. The number of amides is 1. The second-order valence-electron chi connectivity index (χ2n) is 5.13. The van der Waals surface area contributed by atoms with E-state index in [9.17, 15) is 9.28 Å². The van der Waals surface area contributed by atoms with Gasteiger partial charge in [-0.1, -0.05) is 4.48 Å². The average Bonchev–Trinajstić information content (AvgIpc) is 2.41. The summed E-state index contributed by atoms with van der Waals surface area (Å²) < 4.78 is 18.7. The smallest absolute Gasteiger partial charge is 0.438 e. The Bertz CT molecular complexity index is 233. The highest BCUT2D eigenvalue weighted by Gasteiger charge is 2.29. The van der Waals surface area contributed by atoms with E-state index in [2.05, 4.69) is 5.32 Å². The Morgan fingerprint density at radius 1 is 1.38 bits per heavy atom. The summed E-state index contributed by atoms with van der Waals surface area (Å²) in [6.07, 6.45) is 1.33. The first kappa shape index (κ1) is 13.2. The molecule has 16 heavy (non-hydrogen) atoms. The Kier molecular flexibility index (Phi) is 4.53. The lowest BCUT2D eigenvalue weighted by molar-refractivity contribution is -0.0544. The third-order valence-corrected chi connectivity index (χ3v) is 2.43. The van der Waals surface area contributed by atoms with Gasteiger partial charge in [-0.3, -0.25) is 0 Å². The van der Waals surface area contributed by atoms with Gasteiger partial charge in [-0.15, -0.1) is 5.12 Å². The molecular weight excluding hydrogens is 211 g/mol. The molecular formula is C11H21FN2O2. The van der Waals surface area contributed by atoms with E-state index < -0.39 is 11.7 Å². The fourth-order valence-electron chi connectivity index (χ4n) is 1.68. The summed E-state index contributed by atoms with van der Waals surface area (Å²) >= 11 is 0. The van der Waals surface area contributed by atoms with Crippen molar-refractivity contribution in [3.63, 3.8) is 0 Å². The van der Waals surface area contributed by atoms with Crippen LogP contribution < -0.4 is 5.32 Å². The number of carbonyl (C=O) groups excluding carboxylic acids is 1. The van der Waals surface area contributed by atoms with Crippen LogP contribution >= 0.6 is 0 Å². The average molecular weight is 232 g/mol. The van der Waals surface area contributed by atoms with Crippen LogP contribution in [0.15, 0.2) is 0 Å². The number of ether oxygens (including phenoxy) is 1. The monoisotopic (exact) mass is 232 g/mol. The summed E-state index contributed by atoms with van der Waals surface area (Å²) in [6.45, 7) is 6.82. The fourth-order valence-corrected chi connectivity index (χ4v) is 1.68. The molecule has 1 aliphatic rings. The van der Waals surface area contributed by atoms with Crippen molar-refractivity contribution in [2.75, 3.05) is 13.1 Å². The van der Waals surface area contributed by atoms with E-state index in [1.54, 1.807) is 20.8 Å². The van der Waals surface area contributed by atoms with Gasteiger partial charge in [0.25, 0.3) is 0 Å². The van der Waals surface area contributed by atoms with Crippen LogP contribution in [0, 0.1) is 0 Å². The van der Waals surface area contributed by atoms with Crippen molar-refractivity contribution in [2.45, 2.75) is 51.7 Å². The minimum Gasteiger partial charge on any atom is -0.442 e. The van der Waals surface area contributed by atoms with Crippen molar-refractivity contribution >= 4 is 6.09 Å². The van der Waals surface area contributed by atoms with E-state index in [1.165, 1.54) is 0 Å². The van der Waals surface area contributed by atoms with Gasteiger partial charge in [0, 0.05) is 0 Å². The predicted molar refractivity (Wildman–Crippen MR) is 59.7 cm³/mol. The van der Waals surface area contributed by atoms with Gasteiger partial charge in [0.2, 0.25) is 0 Å². The highest BCUT2D eigenvalue weighted by atomic mass is 19.2. The van der Waals surface area contributed by atoms with Crippen LogP contribution in [0.4, 0.5) is 9.28 Å². The van der Waals surface area contributed by atoms with Gasteiger partial charge in [0.1, 0.15) is 5.60 Å². The van der Waals surface area contributed by atoms with Crippen molar-refractivity contribution in [2.24, 2.45) is 0 Å². The van der Waals surface area contributed by atoms with Crippen LogP contribution in [0.25, 0.3) is 0 Å². The molecule has 0 aliphatic carbocycles. The zero-order valence-electron chi connectivity index (χ0n) is 10.3. The molecule has 1 atom stereocenters. The molecule has 4 nitrogen and oxygen atoms in total. The molecule has 94 valence electrons. The van der Waals surface area contributed by atoms with E-state index in [1.807, 2.05) is 0 Å². The molecule has 1 unspecified atom stereocenters. The van der Waals surface area contributed by atoms with Gasteiger partial charge < -0.3 is 10.1 Å². The Labute approximate surface area is 96.1 Å². The van der Waals surface area contributed by atoms with Crippen LogP contribution in [0.3, 0.4) is 0 Å². The molecule has 0 saturated carbocycles. The van der Waals surface area contributed by atoms with E-state index in [0.29, 0.717) is 12.8 Å². The van der Waals surface area contributed by atoms with Gasteiger partial charge in [0.15, 0.2) is 0 Å². The maximum Gasteiger partial charge on any atom is 0.438 e. The highest BCUT2D eigenvalue weighted by molar-refractivity contribution is 5.67. The van der Waals surface area contributed by atoms with Gasteiger partial charge in [-0.25, -0.2) is 4.79 Å². The maximum absolute atomic E-state index is 13.7. The van der Waals surface area contributed by atoms with Crippen LogP contribution in [0.2, 0.25) is 0 Å². The molecule has 1 N–H and O–H groups in total. The lowest BCUT2D eigenvalue weighted by atomic mass is 10.1. The van der Waals surface area contributed by atoms with Crippen molar-refractivity contribution in [3.05, 3.63) is 0 Å². The first-order valence-electron chi connectivity index (χ1n) is 5.79. The number of hydrogen-bond donors (Lipinski definition) is 1. The van der Waals surface area contributed by atoms with Crippen molar-refractivity contribution in [1.29, 1.82) is 0 Å². The molecule has 0 aromatic carbocycles. The predicted octanol–water partition coefficient (Wildman–Crippen LogP) is 2.25. The summed E-state index contributed by atoms with van der Waals surface area (Å²) in [5.41, 5.74) is -0.648. The number of rotatable bonds is 1. The second kappa shape index (κ2) is 5.48. The zero-order chi connectivity index (χ0) is 12.2. The number of halogens is 1. The molecule has 0 bridgehead atoms. The molecule has 1 heterocycles. The maximum atomic E-state index is 13.7. The molecule has 1 fully saturated rings. The normalized spacial score (nSPS) is 22.4. The fraction of sp³-hybridized carbons (Fsp3) is 0.909. The van der Waals surface area contributed by atoms with Crippen LogP contribution in [-0.2, 0) is 4.74 Å². The quantitative estimate of drug-likeness (QED) is 0.705. The molecule has 1 amide bonds. The van der Waals surface area contributed by atoms with E-state index in [-0.39, 0.29) is 11.2 Å². The van der Waals surface area contributed by atoms with Crippen molar-refractivity contribution < 1.29 is 14.0 Å². The van der Waals surface area contributed by atoms with Crippen LogP contribution in [-0.4, -0.2) is 35.9 Å². The van der Waals surface area contributed by atoms with E-state index in [4.69, 9.17) is 4.74 Å². The SMILES string of the molecule is CC(C)(C)OC(=O)N(F)C1CCCNCC1. The summed E-state index contributed by atoms with van der Waals surface area (Å²) in [7, 11) is 0. The minimum atomic E-state index is -0.876. The zero-order valence-corrected chi connectivity index (χ0v) is 10.3. The Hall–Kier alpha value is -0.840. The Morgan fingerprint density at radius 3 is 2.69 bits per heavy atom. The number of nitrogens with zero attached hydrogens (tertiary/aromatic N) is 1. The summed E-state index contributed by atoms with van der Waals surface area (Å²) in [5, 5.41) is 3.42. The largest absolute Gasteiger partial charge is 0.442 e.